The third-order valence-electron chi connectivity index (χ3n) is 3.12. The number of nitrogens with one attached hydrogen (secondary N) is 1. The van der Waals surface area contributed by atoms with Gasteiger partial charge in [0.05, 0.1) is 11.7 Å². The van der Waals surface area contributed by atoms with Crippen LogP contribution in [0.25, 0.3) is 0 Å². The highest BCUT2D eigenvalue weighted by molar-refractivity contribution is 5.73. The standard InChI is InChI=1S/C13H26N2O3/c1-5-14-11(12(16)17)6-7-15-8-10(2)18-13(3,4)9-15/h10-11,14H,5-9H2,1-4H3,(H,16,17). The molecule has 1 aliphatic heterocycles. The van der Waals surface area contributed by atoms with Crippen molar-refractivity contribution >= 4 is 5.97 Å². The highest BCUT2D eigenvalue weighted by Crippen LogP contribution is 2.20. The van der Waals surface area contributed by atoms with Gasteiger partial charge in [0.25, 0.3) is 0 Å². The number of carboxylic acid groups (broad SMARTS) is 1. The lowest BCUT2D eigenvalue weighted by molar-refractivity contribution is -0.140. The summed E-state index contributed by atoms with van der Waals surface area (Å²) in [5, 5.41) is 12.1. The zero-order valence-electron chi connectivity index (χ0n) is 11.9. The first-order chi connectivity index (χ1) is 8.34. The first-order valence-electron chi connectivity index (χ1n) is 6.70. The lowest BCUT2D eigenvalue weighted by Gasteiger charge is -2.42. The van der Waals surface area contributed by atoms with Crippen LogP contribution in [0.1, 0.15) is 34.1 Å². The molecule has 2 N–H and O–H groups in total. The van der Waals surface area contributed by atoms with E-state index < -0.39 is 12.0 Å². The third-order valence-corrected chi connectivity index (χ3v) is 3.12. The molecule has 0 spiro atoms. The minimum atomic E-state index is -0.766. The van der Waals surface area contributed by atoms with Crippen LogP contribution in [0.4, 0.5) is 0 Å². The number of hydrogen-bond donors (Lipinski definition) is 2. The van der Waals surface area contributed by atoms with Crippen molar-refractivity contribution in [2.24, 2.45) is 0 Å². The van der Waals surface area contributed by atoms with Gasteiger partial charge in [0.2, 0.25) is 0 Å². The summed E-state index contributed by atoms with van der Waals surface area (Å²) < 4.78 is 5.83. The fraction of sp³-hybridized carbons (Fsp3) is 0.923. The molecule has 2 atom stereocenters. The van der Waals surface area contributed by atoms with Gasteiger partial charge in [-0.3, -0.25) is 9.69 Å². The van der Waals surface area contributed by atoms with Gasteiger partial charge in [0.15, 0.2) is 0 Å². The maximum Gasteiger partial charge on any atom is 0.320 e. The summed E-state index contributed by atoms with van der Waals surface area (Å²) in [6.07, 6.45) is 0.836. The summed E-state index contributed by atoms with van der Waals surface area (Å²) in [6.45, 7) is 11.4. The quantitative estimate of drug-likeness (QED) is 0.742. The predicted molar refractivity (Wildman–Crippen MR) is 70.8 cm³/mol. The summed E-state index contributed by atoms with van der Waals surface area (Å²) in [5.74, 6) is -0.766. The molecule has 0 amide bonds. The van der Waals surface area contributed by atoms with E-state index in [1.165, 1.54) is 0 Å². The second-order valence-corrected chi connectivity index (χ2v) is 5.66. The summed E-state index contributed by atoms with van der Waals surface area (Å²) in [5.41, 5.74) is -0.144. The Morgan fingerprint density at radius 1 is 1.61 bits per heavy atom. The van der Waals surface area contributed by atoms with Gasteiger partial charge in [0.1, 0.15) is 6.04 Å². The van der Waals surface area contributed by atoms with E-state index in [0.29, 0.717) is 13.0 Å². The third kappa shape index (κ3) is 4.92. The zero-order valence-corrected chi connectivity index (χ0v) is 11.9. The molecule has 106 valence electrons. The molecule has 0 aromatic heterocycles. The smallest absolute Gasteiger partial charge is 0.320 e. The number of carbonyl (C=O) groups is 1. The van der Waals surface area contributed by atoms with Gasteiger partial charge in [-0.1, -0.05) is 6.92 Å². The van der Waals surface area contributed by atoms with Crippen LogP contribution in [-0.4, -0.2) is 59.9 Å². The van der Waals surface area contributed by atoms with Crippen LogP contribution in [0.15, 0.2) is 0 Å². The van der Waals surface area contributed by atoms with Crippen molar-refractivity contribution in [2.75, 3.05) is 26.2 Å². The van der Waals surface area contributed by atoms with E-state index in [0.717, 1.165) is 19.6 Å². The van der Waals surface area contributed by atoms with Crippen molar-refractivity contribution < 1.29 is 14.6 Å². The minimum Gasteiger partial charge on any atom is -0.480 e. The normalized spacial score (nSPS) is 25.9. The van der Waals surface area contributed by atoms with E-state index in [-0.39, 0.29) is 11.7 Å². The molecule has 18 heavy (non-hydrogen) atoms. The first kappa shape index (κ1) is 15.4. The van der Waals surface area contributed by atoms with Crippen molar-refractivity contribution in [2.45, 2.75) is 51.9 Å². The molecule has 1 heterocycles. The number of likely N-dealkylation sites (N-methyl/N-ethyl adjacent to an activating group) is 1. The van der Waals surface area contributed by atoms with Crippen LogP contribution in [0, 0.1) is 0 Å². The average molecular weight is 258 g/mol. The number of morpholine rings is 1. The van der Waals surface area contributed by atoms with Gasteiger partial charge < -0.3 is 15.2 Å². The Labute approximate surface area is 109 Å². The molecular weight excluding hydrogens is 232 g/mol. The van der Waals surface area contributed by atoms with Crippen molar-refractivity contribution in [3.05, 3.63) is 0 Å². The molecule has 1 saturated heterocycles. The van der Waals surface area contributed by atoms with Crippen LogP contribution in [0.3, 0.4) is 0 Å². The van der Waals surface area contributed by atoms with E-state index in [2.05, 4.69) is 31.0 Å². The lowest BCUT2D eigenvalue weighted by Crippen LogP contribution is -2.53. The molecule has 0 bridgehead atoms. The van der Waals surface area contributed by atoms with Gasteiger partial charge in [-0.25, -0.2) is 0 Å². The SMILES string of the molecule is CCNC(CCN1CC(C)OC(C)(C)C1)C(=O)O. The minimum absolute atomic E-state index is 0.144. The van der Waals surface area contributed by atoms with Crippen LogP contribution >= 0.6 is 0 Å². The van der Waals surface area contributed by atoms with E-state index in [4.69, 9.17) is 9.84 Å². The number of rotatable bonds is 6. The van der Waals surface area contributed by atoms with Crippen LogP contribution in [0.2, 0.25) is 0 Å². The maximum absolute atomic E-state index is 11.0. The van der Waals surface area contributed by atoms with Crippen LogP contribution in [0.5, 0.6) is 0 Å². The van der Waals surface area contributed by atoms with Gasteiger partial charge in [-0.05, 0) is 33.7 Å². The molecule has 1 aliphatic rings. The Kier molecular flexibility index (Phi) is 5.56. The topological polar surface area (TPSA) is 61.8 Å². The first-order valence-corrected chi connectivity index (χ1v) is 6.70. The van der Waals surface area contributed by atoms with Crippen molar-refractivity contribution in [1.82, 2.24) is 10.2 Å². The second kappa shape index (κ2) is 6.50. The Morgan fingerprint density at radius 2 is 2.28 bits per heavy atom. The van der Waals surface area contributed by atoms with Crippen molar-refractivity contribution in [3.63, 3.8) is 0 Å². The molecule has 1 fully saturated rings. The Morgan fingerprint density at radius 3 is 2.78 bits per heavy atom. The van der Waals surface area contributed by atoms with Crippen LogP contribution in [-0.2, 0) is 9.53 Å². The number of aliphatic carboxylic acids is 1. The largest absolute Gasteiger partial charge is 0.480 e. The van der Waals surface area contributed by atoms with E-state index in [1.807, 2.05) is 6.92 Å². The number of nitrogens with zero attached hydrogens (tertiary/aromatic N) is 1. The Balaban J connectivity index is 2.44. The molecule has 5 heteroatoms. The van der Waals surface area contributed by atoms with Crippen molar-refractivity contribution in [1.29, 1.82) is 0 Å². The Bertz CT molecular complexity index is 281. The highest BCUT2D eigenvalue weighted by Gasteiger charge is 2.31. The fourth-order valence-corrected chi connectivity index (χ4v) is 2.63. The van der Waals surface area contributed by atoms with Gasteiger partial charge >= 0.3 is 5.97 Å². The number of hydrogen-bond acceptors (Lipinski definition) is 4. The molecular formula is C13H26N2O3. The van der Waals surface area contributed by atoms with Gasteiger partial charge in [-0.15, -0.1) is 0 Å². The zero-order chi connectivity index (χ0) is 13.8. The van der Waals surface area contributed by atoms with Crippen molar-refractivity contribution in [3.8, 4) is 0 Å². The number of carboxylic acids is 1. The average Bonchev–Trinajstić information content (AvgIpc) is 2.20. The molecule has 2 unspecified atom stereocenters. The predicted octanol–water partition coefficient (Wildman–Crippen LogP) is 0.939. The van der Waals surface area contributed by atoms with E-state index in [1.54, 1.807) is 0 Å². The van der Waals surface area contributed by atoms with Crippen LogP contribution < -0.4 is 5.32 Å². The number of ether oxygens (including phenoxy) is 1. The summed E-state index contributed by atoms with van der Waals surface area (Å²) >= 11 is 0. The fourth-order valence-electron chi connectivity index (χ4n) is 2.63. The molecule has 1 rings (SSSR count). The van der Waals surface area contributed by atoms with E-state index in [9.17, 15) is 4.79 Å². The summed E-state index contributed by atoms with van der Waals surface area (Å²) in [7, 11) is 0. The molecule has 0 aliphatic carbocycles. The molecule has 0 radical (unpaired) electrons. The molecule has 0 aromatic rings. The monoisotopic (exact) mass is 258 g/mol. The molecule has 0 aromatic carbocycles. The van der Waals surface area contributed by atoms with Gasteiger partial charge in [0, 0.05) is 19.6 Å². The highest BCUT2D eigenvalue weighted by atomic mass is 16.5. The van der Waals surface area contributed by atoms with E-state index >= 15 is 0 Å². The summed E-state index contributed by atoms with van der Waals surface area (Å²) in [6, 6.07) is -0.448. The molecule has 5 nitrogen and oxygen atoms in total. The maximum atomic E-state index is 11.0. The van der Waals surface area contributed by atoms with Gasteiger partial charge in [-0.2, -0.15) is 0 Å². The summed E-state index contributed by atoms with van der Waals surface area (Å²) in [4.78, 5) is 13.3. The molecule has 0 saturated carbocycles. The second-order valence-electron chi connectivity index (χ2n) is 5.66. The Hall–Kier alpha value is -0.650. The lowest BCUT2D eigenvalue weighted by atomic mass is 10.0.